The summed E-state index contributed by atoms with van der Waals surface area (Å²) in [5.74, 6) is 0.0609. The molecule has 0 atom stereocenters. The molecule has 0 bridgehead atoms. The van der Waals surface area contributed by atoms with Gasteiger partial charge in [-0.15, -0.1) is 0 Å². The molecule has 2 heterocycles. The fraction of sp³-hybridized carbons (Fsp3) is 0.556. The van der Waals surface area contributed by atoms with Crippen LogP contribution in [0.5, 0.6) is 0 Å². The van der Waals surface area contributed by atoms with Crippen molar-refractivity contribution in [3.05, 3.63) is 30.0 Å². The quantitative estimate of drug-likeness (QED) is 0.927. The Morgan fingerprint density at radius 3 is 2.57 bits per heavy atom. The van der Waals surface area contributed by atoms with Crippen LogP contribution in [0.2, 0.25) is 0 Å². The number of carbonyl (C=O) groups excluding carboxylic acids is 1. The first-order chi connectivity index (χ1) is 11.3. The Kier molecular flexibility index (Phi) is 4.04. The molecule has 2 fully saturated rings. The smallest absolute Gasteiger partial charge is 0.275 e. The minimum Gasteiger partial charge on any atom is -0.335 e. The van der Waals surface area contributed by atoms with Crippen LogP contribution in [0, 0.1) is 0 Å². The first-order valence-electron chi connectivity index (χ1n) is 8.79. The number of carbonyl (C=O) groups is 1. The molecular formula is C18H24N4O. The molecular weight excluding hydrogens is 288 g/mol. The maximum Gasteiger partial charge on any atom is 0.275 e. The lowest BCUT2D eigenvalue weighted by atomic mass is 9.94. The number of piperazine rings is 1. The second-order valence-electron chi connectivity index (χ2n) is 6.74. The minimum absolute atomic E-state index is 0.0609. The van der Waals surface area contributed by atoms with Crippen LogP contribution in [0.4, 0.5) is 0 Å². The van der Waals surface area contributed by atoms with Gasteiger partial charge in [-0.1, -0.05) is 37.5 Å². The molecule has 122 valence electrons. The number of fused-ring (bicyclic) bond motifs is 1. The van der Waals surface area contributed by atoms with Gasteiger partial charge in [-0.3, -0.25) is 14.8 Å². The molecule has 4 rings (SSSR count). The van der Waals surface area contributed by atoms with E-state index in [0.717, 1.165) is 43.1 Å². The van der Waals surface area contributed by atoms with Gasteiger partial charge < -0.3 is 4.90 Å². The van der Waals surface area contributed by atoms with Crippen molar-refractivity contribution in [3.8, 4) is 0 Å². The van der Waals surface area contributed by atoms with Crippen molar-refractivity contribution in [1.29, 1.82) is 0 Å². The third kappa shape index (κ3) is 2.85. The number of benzene rings is 1. The summed E-state index contributed by atoms with van der Waals surface area (Å²) in [7, 11) is 0. The van der Waals surface area contributed by atoms with Crippen LogP contribution >= 0.6 is 0 Å². The van der Waals surface area contributed by atoms with E-state index in [4.69, 9.17) is 0 Å². The van der Waals surface area contributed by atoms with Crippen LogP contribution in [0.15, 0.2) is 24.3 Å². The van der Waals surface area contributed by atoms with E-state index in [0.29, 0.717) is 5.69 Å². The van der Waals surface area contributed by atoms with Gasteiger partial charge in [0.25, 0.3) is 5.91 Å². The number of H-pyrrole nitrogens is 1. The Bertz CT molecular complexity index is 681. The molecule has 5 heteroatoms. The summed E-state index contributed by atoms with van der Waals surface area (Å²) in [4.78, 5) is 17.3. The van der Waals surface area contributed by atoms with Gasteiger partial charge in [-0.05, 0) is 18.9 Å². The second-order valence-corrected chi connectivity index (χ2v) is 6.74. The summed E-state index contributed by atoms with van der Waals surface area (Å²) in [6.07, 6.45) is 6.78. The number of amides is 1. The average molecular weight is 312 g/mol. The van der Waals surface area contributed by atoms with E-state index in [1.807, 2.05) is 29.2 Å². The van der Waals surface area contributed by atoms with E-state index in [9.17, 15) is 4.79 Å². The van der Waals surface area contributed by atoms with Crippen LogP contribution in [-0.2, 0) is 0 Å². The zero-order chi connectivity index (χ0) is 15.6. The zero-order valence-corrected chi connectivity index (χ0v) is 13.5. The highest BCUT2D eigenvalue weighted by molar-refractivity contribution is 6.04. The Morgan fingerprint density at radius 2 is 1.78 bits per heavy atom. The Hall–Kier alpha value is -1.88. The molecule has 2 aliphatic rings. The van der Waals surface area contributed by atoms with Crippen molar-refractivity contribution >= 4 is 16.8 Å². The summed E-state index contributed by atoms with van der Waals surface area (Å²) in [5.41, 5.74) is 1.49. The second kappa shape index (κ2) is 6.32. The molecule has 5 nitrogen and oxygen atoms in total. The molecule has 1 saturated carbocycles. The van der Waals surface area contributed by atoms with Gasteiger partial charge in [0.05, 0.1) is 5.52 Å². The van der Waals surface area contributed by atoms with Crippen molar-refractivity contribution in [1.82, 2.24) is 20.0 Å². The molecule has 1 saturated heterocycles. The third-order valence-electron chi connectivity index (χ3n) is 5.37. The Morgan fingerprint density at radius 1 is 1.04 bits per heavy atom. The Balaban J connectivity index is 1.42. The van der Waals surface area contributed by atoms with E-state index < -0.39 is 0 Å². The van der Waals surface area contributed by atoms with E-state index in [1.165, 1.54) is 32.1 Å². The predicted octanol–water partition coefficient (Wildman–Crippen LogP) is 2.65. The number of para-hydroxylation sites is 1. The lowest BCUT2D eigenvalue weighted by molar-refractivity contribution is 0.0520. The van der Waals surface area contributed by atoms with Gasteiger partial charge >= 0.3 is 0 Å². The molecule has 0 spiro atoms. The van der Waals surface area contributed by atoms with E-state index in [-0.39, 0.29) is 5.91 Å². The van der Waals surface area contributed by atoms with Gasteiger partial charge in [-0.25, -0.2) is 0 Å². The van der Waals surface area contributed by atoms with Gasteiger partial charge in [0.2, 0.25) is 0 Å². The van der Waals surface area contributed by atoms with Crippen molar-refractivity contribution in [2.24, 2.45) is 0 Å². The molecule has 0 radical (unpaired) electrons. The normalized spacial score (nSPS) is 21.0. The number of rotatable bonds is 2. The molecule has 2 aromatic rings. The van der Waals surface area contributed by atoms with Crippen molar-refractivity contribution in [2.75, 3.05) is 26.2 Å². The Labute approximate surface area is 136 Å². The summed E-state index contributed by atoms with van der Waals surface area (Å²) < 4.78 is 0. The highest BCUT2D eigenvalue weighted by Crippen LogP contribution is 2.24. The number of hydrogen-bond acceptors (Lipinski definition) is 3. The zero-order valence-electron chi connectivity index (χ0n) is 13.5. The van der Waals surface area contributed by atoms with Crippen LogP contribution in [0.25, 0.3) is 10.9 Å². The highest BCUT2D eigenvalue weighted by atomic mass is 16.2. The largest absolute Gasteiger partial charge is 0.335 e. The number of nitrogens with one attached hydrogen (secondary N) is 1. The fourth-order valence-electron chi connectivity index (χ4n) is 4.01. The molecule has 1 N–H and O–H groups in total. The lowest BCUT2D eigenvalue weighted by Gasteiger charge is -2.40. The molecule has 1 aliphatic heterocycles. The van der Waals surface area contributed by atoms with Gasteiger partial charge in [-0.2, -0.15) is 5.10 Å². The summed E-state index contributed by atoms with van der Waals surface area (Å²) >= 11 is 0. The number of hydrogen-bond donors (Lipinski definition) is 1. The highest BCUT2D eigenvalue weighted by Gasteiger charge is 2.28. The maximum atomic E-state index is 12.8. The van der Waals surface area contributed by atoms with Gasteiger partial charge in [0.1, 0.15) is 0 Å². The fourth-order valence-corrected chi connectivity index (χ4v) is 4.01. The van der Waals surface area contributed by atoms with Crippen molar-refractivity contribution < 1.29 is 4.79 Å². The summed E-state index contributed by atoms with van der Waals surface area (Å²) in [6.45, 7) is 3.63. The number of nitrogens with zero attached hydrogens (tertiary/aromatic N) is 3. The monoisotopic (exact) mass is 312 g/mol. The minimum atomic E-state index is 0.0609. The third-order valence-corrected chi connectivity index (χ3v) is 5.37. The molecule has 0 unspecified atom stereocenters. The number of aromatic nitrogens is 2. The number of aromatic amines is 1. The summed E-state index contributed by atoms with van der Waals surface area (Å²) in [6, 6.07) is 8.57. The standard InChI is InChI=1S/C18H24N4O/c23-18(17-15-8-4-5-9-16(15)19-20-17)22-12-10-21(11-13-22)14-6-2-1-3-7-14/h4-5,8-9,14H,1-3,6-7,10-13H2,(H,19,20). The van der Waals surface area contributed by atoms with Crippen LogP contribution < -0.4 is 0 Å². The van der Waals surface area contributed by atoms with Crippen molar-refractivity contribution in [2.45, 2.75) is 38.1 Å². The molecule has 1 aliphatic carbocycles. The van der Waals surface area contributed by atoms with E-state index in [1.54, 1.807) is 0 Å². The lowest BCUT2D eigenvalue weighted by Crippen LogP contribution is -2.52. The predicted molar refractivity (Wildman–Crippen MR) is 90.4 cm³/mol. The molecule has 1 amide bonds. The van der Waals surface area contributed by atoms with Gasteiger partial charge in [0, 0.05) is 37.6 Å². The first kappa shape index (κ1) is 14.7. The first-order valence-corrected chi connectivity index (χ1v) is 8.79. The molecule has 1 aromatic carbocycles. The van der Waals surface area contributed by atoms with Gasteiger partial charge in [0.15, 0.2) is 5.69 Å². The maximum absolute atomic E-state index is 12.8. The van der Waals surface area contributed by atoms with Crippen LogP contribution in [0.1, 0.15) is 42.6 Å². The van der Waals surface area contributed by atoms with E-state index >= 15 is 0 Å². The SMILES string of the molecule is O=C(c1n[nH]c2ccccc12)N1CCN(C2CCCCC2)CC1. The van der Waals surface area contributed by atoms with Crippen LogP contribution in [-0.4, -0.2) is 58.1 Å². The van der Waals surface area contributed by atoms with Crippen molar-refractivity contribution in [3.63, 3.8) is 0 Å². The van der Waals surface area contributed by atoms with Crippen LogP contribution in [0.3, 0.4) is 0 Å². The average Bonchev–Trinajstić information content (AvgIpc) is 3.06. The molecule has 1 aromatic heterocycles. The topological polar surface area (TPSA) is 52.2 Å². The molecule has 23 heavy (non-hydrogen) atoms. The van der Waals surface area contributed by atoms with E-state index in [2.05, 4.69) is 15.1 Å². The summed E-state index contributed by atoms with van der Waals surface area (Å²) in [5, 5.41) is 8.13.